The summed E-state index contributed by atoms with van der Waals surface area (Å²) < 4.78 is 10.5. The fraction of sp³-hybridized carbons (Fsp3) is 0.409. The van der Waals surface area contributed by atoms with Crippen LogP contribution in [0.5, 0.6) is 0 Å². The summed E-state index contributed by atoms with van der Waals surface area (Å²) in [4.78, 5) is 38.8. The van der Waals surface area contributed by atoms with Crippen molar-refractivity contribution in [3.05, 3.63) is 47.9 Å². The topological polar surface area (TPSA) is 101 Å². The van der Waals surface area contributed by atoms with E-state index in [0.29, 0.717) is 18.0 Å². The second kappa shape index (κ2) is 9.58. The van der Waals surface area contributed by atoms with Crippen LogP contribution in [0.2, 0.25) is 0 Å². The number of rotatable bonds is 6. The molecule has 0 bridgehead atoms. The van der Waals surface area contributed by atoms with Crippen LogP contribution >= 0.6 is 0 Å². The van der Waals surface area contributed by atoms with E-state index in [4.69, 9.17) is 9.15 Å². The fourth-order valence-electron chi connectivity index (χ4n) is 3.42. The first-order valence-corrected chi connectivity index (χ1v) is 10.0. The number of fused-ring (bicyclic) bond motifs is 1. The number of ether oxygens (including phenoxy) is 1. The zero-order valence-corrected chi connectivity index (χ0v) is 17.4. The van der Waals surface area contributed by atoms with Crippen molar-refractivity contribution in [2.45, 2.75) is 32.8 Å². The van der Waals surface area contributed by atoms with Gasteiger partial charge in [-0.25, -0.2) is 0 Å². The van der Waals surface area contributed by atoms with Crippen molar-refractivity contribution in [2.75, 3.05) is 30.4 Å². The normalized spacial score (nSPS) is 14.2. The van der Waals surface area contributed by atoms with Gasteiger partial charge in [0.1, 0.15) is 11.9 Å². The summed E-state index contributed by atoms with van der Waals surface area (Å²) in [6.07, 6.45) is 2.79. The predicted molar refractivity (Wildman–Crippen MR) is 112 cm³/mol. The predicted octanol–water partition coefficient (Wildman–Crippen LogP) is 2.66. The molecule has 2 heterocycles. The highest BCUT2D eigenvalue weighted by Crippen LogP contribution is 2.31. The number of carbonyl (C=O) groups is 3. The Labute approximate surface area is 175 Å². The molecule has 1 aromatic carbocycles. The zero-order valence-electron chi connectivity index (χ0n) is 17.4. The first-order chi connectivity index (χ1) is 14.4. The Morgan fingerprint density at radius 1 is 1.20 bits per heavy atom. The minimum absolute atomic E-state index is 0.0423. The highest BCUT2D eigenvalue weighted by Gasteiger charge is 2.25. The molecule has 1 aliphatic heterocycles. The Kier molecular flexibility index (Phi) is 6.89. The fourth-order valence-corrected chi connectivity index (χ4v) is 3.42. The highest BCUT2D eigenvalue weighted by atomic mass is 16.5. The lowest BCUT2D eigenvalue weighted by molar-refractivity contribution is -0.136. The average Bonchev–Trinajstić information content (AvgIpc) is 3.27. The number of hydrogen-bond donors (Lipinski definition) is 2. The quantitative estimate of drug-likeness (QED) is 0.709. The zero-order chi connectivity index (χ0) is 21.7. The van der Waals surface area contributed by atoms with Crippen molar-refractivity contribution in [3.8, 4) is 0 Å². The van der Waals surface area contributed by atoms with Crippen LogP contribution in [0, 0.1) is 5.92 Å². The largest absolute Gasteiger partial charge is 0.467 e. The third-order valence-electron chi connectivity index (χ3n) is 5.02. The number of benzene rings is 1. The maximum absolute atomic E-state index is 12.5. The van der Waals surface area contributed by atoms with E-state index in [1.807, 2.05) is 19.9 Å². The molecule has 0 fully saturated rings. The van der Waals surface area contributed by atoms with Crippen molar-refractivity contribution >= 4 is 29.1 Å². The molecule has 160 valence electrons. The summed E-state index contributed by atoms with van der Waals surface area (Å²) in [6.45, 7) is 4.47. The van der Waals surface area contributed by atoms with Crippen molar-refractivity contribution < 1.29 is 23.5 Å². The molecule has 1 unspecified atom stereocenters. The molecule has 8 heteroatoms. The summed E-state index contributed by atoms with van der Waals surface area (Å²) in [5.41, 5.74) is 2.31. The average molecular weight is 413 g/mol. The Morgan fingerprint density at radius 2 is 2.00 bits per heavy atom. The van der Waals surface area contributed by atoms with Crippen LogP contribution in [-0.4, -0.2) is 37.9 Å². The van der Waals surface area contributed by atoms with Gasteiger partial charge in [0.2, 0.25) is 5.91 Å². The summed E-state index contributed by atoms with van der Waals surface area (Å²) in [7, 11) is 1.50. The summed E-state index contributed by atoms with van der Waals surface area (Å²) in [6, 6.07) is 8.84. The summed E-state index contributed by atoms with van der Waals surface area (Å²) in [5.74, 6) is -1.09. The SMILES string of the molecule is COC(CNC(=O)C(=O)Nc1ccc2c(c1)N(C(=O)C(C)C)CCC2)c1ccco1. The van der Waals surface area contributed by atoms with Crippen molar-refractivity contribution in [2.24, 2.45) is 5.92 Å². The maximum Gasteiger partial charge on any atom is 0.313 e. The second-order valence-corrected chi connectivity index (χ2v) is 7.50. The molecule has 2 N–H and O–H groups in total. The number of nitrogens with one attached hydrogen (secondary N) is 2. The highest BCUT2D eigenvalue weighted by molar-refractivity contribution is 6.39. The Bertz CT molecular complexity index is 908. The molecule has 0 saturated carbocycles. The van der Waals surface area contributed by atoms with E-state index in [1.54, 1.807) is 29.2 Å². The number of hydrogen-bond acceptors (Lipinski definition) is 5. The summed E-state index contributed by atoms with van der Waals surface area (Å²) in [5, 5.41) is 5.15. The van der Waals surface area contributed by atoms with Gasteiger partial charge in [0.15, 0.2) is 0 Å². The molecule has 0 aliphatic carbocycles. The van der Waals surface area contributed by atoms with E-state index in [0.717, 1.165) is 24.1 Å². The van der Waals surface area contributed by atoms with Crippen molar-refractivity contribution in [3.63, 3.8) is 0 Å². The molecule has 0 radical (unpaired) electrons. The molecule has 1 atom stereocenters. The summed E-state index contributed by atoms with van der Waals surface area (Å²) >= 11 is 0. The molecular formula is C22H27N3O5. The van der Waals surface area contributed by atoms with E-state index in [1.165, 1.54) is 13.4 Å². The van der Waals surface area contributed by atoms with Gasteiger partial charge in [0, 0.05) is 30.9 Å². The van der Waals surface area contributed by atoms with Gasteiger partial charge in [-0.3, -0.25) is 14.4 Å². The van der Waals surface area contributed by atoms with E-state index in [-0.39, 0.29) is 18.4 Å². The molecule has 1 aliphatic rings. The third kappa shape index (κ3) is 4.88. The van der Waals surface area contributed by atoms with Crippen LogP contribution in [0.3, 0.4) is 0 Å². The molecule has 8 nitrogen and oxygen atoms in total. The number of amides is 3. The van der Waals surface area contributed by atoms with Crippen LogP contribution in [0.1, 0.15) is 37.7 Å². The van der Waals surface area contributed by atoms with Gasteiger partial charge in [-0.2, -0.15) is 0 Å². The molecule has 2 aromatic rings. The first-order valence-electron chi connectivity index (χ1n) is 10.0. The molecule has 3 rings (SSSR count). The van der Waals surface area contributed by atoms with Gasteiger partial charge in [-0.05, 0) is 42.7 Å². The minimum Gasteiger partial charge on any atom is -0.467 e. The van der Waals surface area contributed by atoms with Crippen LogP contribution in [0.25, 0.3) is 0 Å². The van der Waals surface area contributed by atoms with E-state index < -0.39 is 17.9 Å². The molecule has 1 aromatic heterocycles. The maximum atomic E-state index is 12.5. The van der Waals surface area contributed by atoms with Crippen LogP contribution in [0.15, 0.2) is 41.0 Å². The van der Waals surface area contributed by atoms with Crippen molar-refractivity contribution in [1.29, 1.82) is 0 Å². The second-order valence-electron chi connectivity index (χ2n) is 7.50. The molecule has 3 amide bonds. The lowest BCUT2D eigenvalue weighted by Crippen LogP contribution is -2.39. The van der Waals surface area contributed by atoms with E-state index >= 15 is 0 Å². The van der Waals surface area contributed by atoms with Crippen molar-refractivity contribution in [1.82, 2.24) is 5.32 Å². The van der Waals surface area contributed by atoms with Crippen LogP contribution in [-0.2, 0) is 25.5 Å². The van der Waals surface area contributed by atoms with Gasteiger partial charge >= 0.3 is 11.8 Å². The van der Waals surface area contributed by atoms with Crippen LogP contribution < -0.4 is 15.5 Å². The smallest absolute Gasteiger partial charge is 0.313 e. The molecule has 30 heavy (non-hydrogen) atoms. The Morgan fingerprint density at radius 3 is 2.67 bits per heavy atom. The monoisotopic (exact) mass is 413 g/mol. The molecule has 0 saturated heterocycles. The van der Waals surface area contributed by atoms with E-state index in [2.05, 4.69) is 10.6 Å². The number of nitrogens with zero attached hydrogens (tertiary/aromatic N) is 1. The van der Waals surface area contributed by atoms with E-state index in [9.17, 15) is 14.4 Å². The standard InChI is InChI=1S/C22H27N3O5/c1-14(2)22(28)25-10-4-6-15-8-9-16(12-17(15)25)24-21(27)20(26)23-13-19(29-3)18-7-5-11-30-18/h5,7-9,11-12,14,19H,4,6,10,13H2,1-3H3,(H,23,26)(H,24,27). The number of anilines is 2. The number of aryl methyl sites for hydroxylation is 1. The lowest BCUT2D eigenvalue weighted by Gasteiger charge is -2.31. The van der Waals surface area contributed by atoms with Gasteiger partial charge in [-0.1, -0.05) is 19.9 Å². The number of furan rings is 1. The van der Waals surface area contributed by atoms with Gasteiger partial charge < -0.3 is 24.7 Å². The first kappa shape index (κ1) is 21.6. The Hall–Kier alpha value is -3.13. The number of methoxy groups -OCH3 is 1. The Balaban J connectivity index is 1.64. The minimum atomic E-state index is -0.790. The third-order valence-corrected chi connectivity index (χ3v) is 5.02. The number of carbonyl (C=O) groups excluding carboxylic acids is 3. The molecule has 0 spiro atoms. The molecular weight excluding hydrogens is 386 g/mol. The van der Waals surface area contributed by atoms with Gasteiger partial charge in [0.25, 0.3) is 0 Å². The van der Waals surface area contributed by atoms with Crippen LogP contribution in [0.4, 0.5) is 11.4 Å². The van der Waals surface area contributed by atoms with Gasteiger partial charge in [-0.15, -0.1) is 0 Å². The lowest BCUT2D eigenvalue weighted by atomic mass is 9.99. The van der Waals surface area contributed by atoms with Gasteiger partial charge in [0.05, 0.1) is 12.8 Å².